The molecule has 196 valence electrons. The van der Waals surface area contributed by atoms with Crippen molar-refractivity contribution >= 4 is 34.9 Å². The fourth-order valence-corrected chi connectivity index (χ4v) is 4.85. The van der Waals surface area contributed by atoms with Crippen LogP contribution in [0, 0.1) is 0 Å². The number of fused-ring (bicyclic) bond motifs is 1. The van der Waals surface area contributed by atoms with Gasteiger partial charge in [0.05, 0.1) is 36.7 Å². The van der Waals surface area contributed by atoms with Crippen molar-refractivity contribution in [1.29, 1.82) is 0 Å². The highest BCUT2D eigenvalue weighted by atomic mass is 32.2. The molecular formula is C31H28N4O3S. The summed E-state index contributed by atoms with van der Waals surface area (Å²) < 4.78 is 13.5. The molecule has 4 aromatic carbocycles. The normalized spacial score (nSPS) is 11.1. The van der Waals surface area contributed by atoms with Crippen LogP contribution in [0.25, 0.3) is 11.0 Å². The summed E-state index contributed by atoms with van der Waals surface area (Å²) in [5.41, 5.74) is 7.56. The van der Waals surface area contributed by atoms with Crippen LogP contribution in [0.15, 0.2) is 113 Å². The van der Waals surface area contributed by atoms with Crippen molar-refractivity contribution in [2.75, 3.05) is 12.9 Å². The monoisotopic (exact) mass is 536 g/mol. The average molecular weight is 537 g/mol. The van der Waals surface area contributed by atoms with E-state index in [-0.39, 0.29) is 11.7 Å². The third kappa shape index (κ3) is 6.86. The van der Waals surface area contributed by atoms with Crippen LogP contribution in [0.5, 0.6) is 11.5 Å². The van der Waals surface area contributed by atoms with E-state index in [1.807, 2.05) is 91.0 Å². The molecule has 1 N–H and O–H groups in total. The maximum absolute atomic E-state index is 12.6. The first-order valence-electron chi connectivity index (χ1n) is 12.5. The number of nitrogens with zero attached hydrogens (tertiary/aromatic N) is 3. The number of hydrazone groups is 1. The van der Waals surface area contributed by atoms with Gasteiger partial charge in [0, 0.05) is 0 Å². The lowest BCUT2D eigenvalue weighted by atomic mass is 10.2. The number of thioether (sulfide) groups is 1. The summed E-state index contributed by atoms with van der Waals surface area (Å²) in [6, 6.07) is 33.7. The van der Waals surface area contributed by atoms with Gasteiger partial charge in [-0.25, -0.2) is 10.4 Å². The highest BCUT2D eigenvalue weighted by Gasteiger charge is 2.13. The molecule has 0 aliphatic rings. The van der Waals surface area contributed by atoms with Crippen molar-refractivity contribution in [2.24, 2.45) is 5.10 Å². The zero-order chi connectivity index (χ0) is 26.9. The molecule has 7 nitrogen and oxygen atoms in total. The van der Waals surface area contributed by atoms with E-state index in [1.54, 1.807) is 13.3 Å². The van der Waals surface area contributed by atoms with Gasteiger partial charge in [-0.3, -0.25) is 4.79 Å². The summed E-state index contributed by atoms with van der Waals surface area (Å²) in [4.78, 5) is 17.3. The van der Waals surface area contributed by atoms with Gasteiger partial charge >= 0.3 is 0 Å². The minimum absolute atomic E-state index is 0.186. The lowest BCUT2D eigenvalue weighted by molar-refractivity contribution is -0.118. The molecule has 1 aromatic heterocycles. The zero-order valence-corrected chi connectivity index (χ0v) is 22.3. The molecule has 0 spiro atoms. The van der Waals surface area contributed by atoms with E-state index >= 15 is 0 Å². The van der Waals surface area contributed by atoms with Gasteiger partial charge in [0.1, 0.15) is 6.61 Å². The van der Waals surface area contributed by atoms with E-state index in [2.05, 4.69) is 27.2 Å². The molecule has 39 heavy (non-hydrogen) atoms. The maximum Gasteiger partial charge on any atom is 0.250 e. The van der Waals surface area contributed by atoms with Crippen LogP contribution in [0.4, 0.5) is 0 Å². The van der Waals surface area contributed by atoms with Gasteiger partial charge in [-0.1, -0.05) is 84.6 Å². The van der Waals surface area contributed by atoms with Crippen LogP contribution >= 0.6 is 11.8 Å². The number of hydrogen-bond donors (Lipinski definition) is 1. The highest BCUT2D eigenvalue weighted by Crippen LogP contribution is 2.28. The second-order valence-electron chi connectivity index (χ2n) is 8.72. The Morgan fingerprint density at radius 2 is 1.64 bits per heavy atom. The predicted octanol–water partition coefficient (Wildman–Crippen LogP) is 5.91. The summed E-state index contributed by atoms with van der Waals surface area (Å²) in [6.07, 6.45) is 1.58. The van der Waals surface area contributed by atoms with Crippen molar-refractivity contribution in [3.8, 4) is 11.5 Å². The van der Waals surface area contributed by atoms with Crippen molar-refractivity contribution in [3.63, 3.8) is 0 Å². The first kappa shape index (κ1) is 26.1. The van der Waals surface area contributed by atoms with E-state index in [9.17, 15) is 4.79 Å². The molecule has 0 saturated heterocycles. The Morgan fingerprint density at radius 3 is 2.41 bits per heavy atom. The first-order valence-corrected chi connectivity index (χ1v) is 13.5. The lowest BCUT2D eigenvalue weighted by Crippen LogP contribution is -2.20. The topological polar surface area (TPSA) is 77.7 Å². The molecular weight excluding hydrogens is 508 g/mol. The van der Waals surface area contributed by atoms with Crippen LogP contribution in [0.3, 0.4) is 0 Å². The third-order valence-electron chi connectivity index (χ3n) is 5.96. The standard InChI is InChI=1S/C31H28N4O3S/c1-37-29-18-25(16-17-28(29)38-21-24-12-6-3-7-13-24)19-32-34-30(36)22-39-31-33-26-14-8-9-15-27(26)35(31)20-23-10-4-2-5-11-23/h2-19H,20-22H2,1H3,(H,34,36). The minimum atomic E-state index is -0.218. The smallest absolute Gasteiger partial charge is 0.250 e. The minimum Gasteiger partial charge on any atom is -0.493 e. The molecule has 0 unspecified atom stereocenters. The average Bonchev–Trinajstić information content (AvgIpc) is 3.33. The summed E-state index contributed by atoms with van der Waals surface area (Å²) in [5, 5.41) is 4.91. The fraction of sp³-hybridized carbons (Fsp3) is 0.129. The third-order valence-corrected chi connectivity index (χ3v) is 6.94. The number of amides is 1. The second kappa shape index (κ2) is 12.8. The number of ether oxygens (including phenoxy) is 2. The quantitative estimate of drug-likeness (QED) is 0.129. The lowest BCUT2D eigenvalue weighted by Gasteiger charge is -2.11. The van der Waals surface area contributed by atoms with Crippen molar-refractivity contribution in [1.82, 2.24) is 15.0 Å². The molecule has 8 heteroatoms. The number of methoxy groups -OCH3 is 1. The summed E-state index contributed by atoms with van der Waals surface area (Å²) >= 11 is 1.39. The molecule has 0 atom stereocenters. The Balaban J connectivity index is 1.19. The number of carbonyl (C=O) groups excluding carboxylic acids is 1. The number of aromatic nitrogens is 2. The molecule has 5 rings (SSSR count). The van der Waals surface area contributed by atoms with Crippen LogP contribution < -0.4 is 14.9 Å². The molecule has 0 fully saturated rings. The Morgan fingerprint density at radius 1 is 0.923 bits per heavy atom. The summed E-state index contributed by atoms with van der Waals surface area (Å²) in [5.74, 6) is 1.20. The molecule has 0 saturated carbocycles. The number of rotatable bonds is 11. The Kier molecular flexibility index (Phi) is 8.55. The molecule has 0 aliphatic carbocycles. The summed E-state index contributed by atoms with van der Waals surface area (Å²) in [7, 11) is 1.59. The van der Waals surface area contributed by atoms with Crippen LogP contribution in [-0.2, 0) is 17.9 Å². The molecule has 0 bridgehead atoms. The van der Waals surface area contributed by atoms with Gasteiger partial charge in [-0.05, 0) is 47.0 Å². The van der Waals surface area contributed by atoms with Crippen LogP contribution in [-0.4, -0.2) is 34.5 Å². The van der Waals surface area contributed by atoms with Crippen molar-refractivity contribution < 1.29 is 14.3 Å². The number of nitrogens with one attached hydrogen (secondary N) is 1. The Bertz CT molecular complexity index is 1570. The molecule has 0 radical (unpaired) electrons. The van der Waals surface area contributed by atoms with Gasteiger partial charge in [0.2, 0.25) is 0 Å². The summed E-state index contributed by atoms with van der Waals surface area (Å²) in [6.45, 7) is 1.12. The number of para-hydroxylation sites is 2. The van der Waals surface area contributed by atoms with Gasteiger partial charge in [0.15, 0.2) is 16.7 Å². The molecule has 5 aromatic rings. The molecule has 1 heterocycles. The predicted molar refractivity (Wildman–Crippen MR) is 156 cm³/mol. The van der Waals surface area contributed by atoms with Gasteiger partial charge < -0.3 is 14.0 Å². The molecule has 0 aliphatic heterocycles. The molecule has 1 amide bonds. The van der Waals surface area contributed by atoms with Crippen LogP contribution in [0.1, 0.15) is 16.7 Å². The van der Waals surface area contributed by atoms with E-state index in [0.717, 1.165) is 27.3 Å². The highest BCUT2D eigenvalue weighted by molar-refractivity contribution is 7.99. The van der Waals surface area contributed by atoms with Crippen LogP contribution in [0.2, 0.25) is 0 Å². The number of carbonyl (C=O) groups is 1. The van der Waals surface area contributed by atoms with E-state index in [1.165, 1.54) is 17.3 Å². The fourth-order valence-electron chi connectivity index (χ4n) is 4.04. The Labute approximate surface area is 231 Å². The largest absolute Gasteiger partial charge is 0.493 e. The van der Waals surface area contributed by atoms with E-state index in [0.29, 0.717) is 24.7 Å². The maximum atomic E-state index is 12.6. The van der Waals surface area contributed by atoms with E-state index in [4.69, 9.17) is 14.5 Å². The number of imidazole rings is 1. The first-order chi connectivity index (χ1) is 19.2. The van der Waals surface area contributed by atoms with Crippen molar-refractivity contribution in [3.05, 3.63) is 120 Å². The number of benzene rings is 4. The zero-order valence-electron chi connectivity index (χ0n) is 21.5. The Hall–Kier alpha value is -4.56. The van der Waals surface area contributed by atoms with Gasteiger partial charge in [0.25, 0.3) is 5.91 Å². The second-order valence-corrected chi connectivity index (χ2v) is 9.66. The van der Waals surface area contributed by atoms with Gasteiger partial charge in [-0.15, -0.1) is 0 Å². The SMILES string of the molecule is COc1cc(C=NNC(=O)CSc2nc3ccccc3n2Cc2ccccc2)ccc1OCc1ccccc1. The van der Waals surface area contributed by atoms with Crippen molar-refractivity contribution in [2.45, 2.75) is 18.3 Å². The van der Waals surface area contributed by atoms with Gasteiger partial charge in [-0.2, -0.15) is 5.10 Å². The number of hydrogen-bond acceptors (Lipinski definition) is 6. The van der Waals surface area contributed by atoms with E-state index < -0.39 is 0 Å².